The van der Waals surface area contributed by atoms with Gasteiger partial charge in [-0.25, -0.2) is 0 Å². The molecule has 20 heavy (non-hydrogen) atoms. The molecule has 0 atom stereocenters. The van der Waals surface area contributed by atoms with E-state index < -0.39 is 0 Å². The third kappa shape index (κ3) is 3.33. The van der Waals surface area contributed by atoms with Gasteiger partial charge >= 0.3 is 0 Å². The summed E-state index contributed by atoms with van der Waals surface area (Å²) in [4.78, 5) is 2.35. The van der Waals surface area contributed by atoms with Crippen molar-refractivity contribution >= 4 is 15.9 Å². The lowest BCUT2D eigenvalue weighted by atomic mass is 10.3. The zero-order chi connectivity index (χ0) is 14.5. The first-order valence-corrected chi connectivity index (χ1v) is 7.97. The molecular formula is C15H22BrN3O. The van der Waals surface area contributed by atoms with Crippen molar-refractivity contribution < 1.29 is 4.42 Å². The van der Waals surface area contributed by atoms with Crippen molar-refractivity contribution in [1.29, 1.82) is 0 Å². The molecule has 0 amide bonds. The number of aromatic nitrogens is 2. The quantitative estimate of drug-likeness (QED) is 0.768. The Hall–Kier alpha value is -1.07. The van der Waals surface area contributed by atoms with Gasteiger partial charge in [-0.05, 0) is 48.0 Å². The second-order valence-electron chi connectivity index (χ2n) is 4.76. The largest absolute Gasteiger partial charge is 0.468 e. The molecule has 4 nitrogen and oxygen atoms in total. The summed E-state index contributed by atoms with van der Waals surface area (Å²) in [6.45, 7) is 10.0. The molecule has 0 aromatic carbocycles. The lowest BCUT2D eigenvalue weighted by Crippen LogP contribution is -2.24. The van der Waals surface area contributed by atoms with Gasteiger partial charge in [-0.1, -0.05) is 13.8 Å². The molecule has 110 valence electrons. The molecule has 5 heteroatoms. The molecule has 0 spiro atoms. The normalized spacial score (nSPS) is 11.4. The molecule has 0 unspecified atom stereocenters. The minimum atomic E-state index is 0.826. The van der Waals surface area contributed by atoms with E-state index in [1.165, 1.54) is 5.69 Å². The van der Waals surface area contributed by atoms with E-state index in [1.807, 2.05) is 12.1 Å². The molecule has 2 heterocycles. The van der Waals surface area contributed by atoms with Crippen molar-refractivity contribution in [3.63, 3.8) is 0 Å². The number of aryl methyl sites for hydroxylation is 2. The van der Waals surface area contributed by atoms with E-state index in [-0.39, 0.29) is 0 Å². The van der Waals surface area contributed by atoms with E-state index in [9.17, 15) is 0 Å². The Bertz CT molecular complexity index is 534. The molecule has 0 aliphatic heterocycles. The van der Waals surface area contributed by atoms with Crippen LogP contribution in [-0.2, 0) is 26.1 Å². The van der Waals surface area contributed by atoms with Crippen LogP contribution < -0.4 is 0 Å². The van der Waals surface area contributed by atoms with Crippen molar-refractivity contribution in [3.8, 4) is 0 Å². The third-order valence-corrected chi connectivity index (χ3v) is 4.39. The fraction of sp³-hybridized carbons (Fsp3) is 0.533. The highest BCUT2D eigenvalue weighted by molar-refractivity contribution is 9.10. The van der Waals surface area contributed by atoms with Crippen LogP contribution in [0.25, 0.3) is 0 Å². The highest BCUT2D eigenvalue weighted by atomic mass is 79.9. The molecule has 0 saturated carbocycles. The number of hydrogen-bond acceptors (Lipinski definition) is 3. The Balaban J connectivity index is 2.16. The summed E-state index contributed by atoms with van der Waals surface area (Å²) in [6, 6.07) is 3.96. The van der Waals surface area contributed by atoms with Crippen molar-refractivity contribution in [3.05, 3.63) is 40.0 Å². The van der Waals surface area contributed by atoms with Crippen molar-refractivity contribution in [2.75, 3.05) is 6.54 Å². The number of furan rings is 1. The molecule has 0 N–H and O–H groups in total. The molecule has 0 saturated heterocycles. The molecule has 0 fully saturated rings. The van der Waals surface area contributed by atoms with Gasteiger partial charge in [0, 0.05) is 13.1 Å². The average molecular weight is 340 g/mol. The second kappa shape index (κ2) is 7.09. The SMILES string of the molecule is CCc1nn(CC)c(CN(CC)Cc2ccco2)c1Br. The van der Waals surface area contributed by atoms with Gasteiger partial charge in [-0.2, -0.15) is 5.10 Å². The first-order valence-electron chi connectivity index (χ1n) is 7.18. The maximum Gasteiger partial charge on any atom is 0.117 e. The first-order chi connectivity index (χ1) is 9.69. The highest BCUT2D eigenvalue weighted by Gasteiger charge is 2.17. The minimum absolute atomic E-state index is 0.826. The molecule has 0 aliphatic carbocycles. The molecule has 2 aromatic rings. The van der Waals surface area contributed by atoms with Crippen LogP contribution >= 0.6 is 15.9 Å². The molecule has 0 radical (unpaired) electrons. The number of nitrogens with zero attached hydrogens (tertiary/aromatic N) is 3. The molecular weight excluding hydrogens is 318 g/mol. The van der Waals surface area contributed by atoms with Crippen LogP contribution in [0.1, 0.15) is 37.9 Å². The maximum absolute atomic E-state index is 5.44. The van der Waals surface area contributed by atoms with Gasteiger partial charge in [0.2, 0.25) is 0 Å². The fourth-order valence-corrected chi connectivity index (χ4v) is 2.97. The number of halogens is 1. The van der Waals surface area contributed by atoms with Crippen LogP contribution in [0.4, 0.5) is 0 Å². The van der Waals surface area contributed by atoms with Gasteiger partial charge in [0.15, 0.2) is 0 Å². The van der Waals surface area contributed by atoms with Gasteiger partial charge in [0.25, 0.3) is 0 Å². The van der Waals surface area contributed by atoms with Gasteiger partial charge < -0.3 is 4.42 Å². The van der Waals surface area contributed by atoms with Gasteiger partial charge in [-0.3, -0.25) is 9.58 Å². The van der Waals surface area contributed by atoms with Gasteiger partial charge in [0.1, 0.15) is 5.76 Å². The summed E-state index contributed by atoms with van der Waals surface area (Å²) in [5, 5.41) is 4.65. The highest BCUT2D eigenvalue weighted by Crippen LogP contribution is 2.24. The van der Waals surface area contributed by atoms with Crippen LogP contribution in [0, 0.1) is 0 Å². The Morgan fingerprint density at radius 2 is 2.10 bits per heavy atom. The number of rotatable bonds is 7. The third-order valence-electron chi connectivity index (χ3n) is 3.47. The molecule has 2 aromatic heterocycles. The number of hydrogen-bond donors (Lipinski definition) is 0. The first kappa shape index (κ1) is 15.3. The summed E-state index contributed by atoms with van der Waals surface area (Å²) < 4.78 is 8.68. The maximum atomic E-state index is 5.44. The Morgan fingerprint density at radius 1 is 1.30 bits per heavy atom. The average Bonchev–Trinajstić information content (AvgIpc) is 3.07. The summed E-state index contributed by atoms with van der Waals surface area (Å²) in [6.07, 6.45) is 2.68. The predicted molar refractivity (Wildman–Crippen MR) is 83.5 cm³/mol. The smallest absolute Gasteiger partial charge is 0.117 e. The summed E-state index contributed by atoms with van der Waals surface area (Å²) >= 11 is 3.71. The van der Waals surface area contributed by atoms with E-state index in [1.54, 1.807) is 6.26 Å². The molecule has 2 rings (SSSR count). The Kier molecular flexibility index (Phi) is 5.43. The van der Waals surface area contributed by atoms with E-state index in [4.69, 9.17) is 4.42 Å². The lowest BCUT2D eigenvalue weighted by molar-refractivity contribution is 0.240. The van der Waals surface area contributed by atoms with Crippen molar-refractivity contribution in [2.45, 2.75) is 46.8 Å². The zero-order valence-electron chi connectivity index (χ0n) is 12.4. The Labute approximate surface area is 128 Å². The minimum Gasteiger partial charge on any atom is -0.468 e. The fourth-order valence-electron chi connectivity index (χ4n) is 2.28. The summed E-state index contributed by atoms with van der Waals surface area (Å²) in [7, 11) is 0. The van der Waals surface area contributed by atoms with Crippen LogP contribution in [0.15, 0.2) is 27.3 Å². The monoisotopic (exact) mass is 339 g/mol. The van der Waals surface area contributed by atoms with Crippen LogP contribution in [0.3, 0.4) is 0 Å². The van der Waals surface area contributed by atoms with E-state index >= 15 is 0 Å². The van der Waals surface area contributed by atoms with Gasteiger partial charge in [0.05, 0.1) is 28.7 Å². The topological polar surface area (TPSA) is 34.2 Å². The lowest BCUT2D eigenvalue weighted by Gasteiger charge is -2.19. The molecule has 0 aliphatic rings. The van der Waals surface area contributed by atoms with Gasteiger partial charge in [-0.15, -0.1) is 0 Å². The Morgan fingerprint density at radius 3 is 2.65 bits per heavy atom. The second-order valence-corrected chi connectivity index (χ2v) is 5.55. The van der Waals surface area contributed by atoms with Crippen LogP contribution in [0.5, 0.6) is 0 Å². The van der Waals surface area contributed by atoms with Crippen molar-refractivity contribution in [2.24, 2.45) is 0 Å². The van der Waals surface area contributed by atoms with Crippen LogP contribution in [0.2, 0.25) is 0 Å². The van der Waals surface area contributed by atoms with E-state index in [0.29, 0.717) is 0 Å². The van der Waals surface area contributed by atoms with E-state index in [2.05, 4.69) is 51.4 Å². The zero-order valence-corrected chi connectivity index (χ0v) is 14.0. The summed E-state index contributed by atoms with van der Waals surface area (Å²) in [5.41, 5.74) is 2.38. The summed E-state index contributed by atoms with van der Waals surface area (Å²) in [5.74, 6) is 1.00. The molecule has 0 bridgehead atoms. The van der Waals surface area contributed by atoms with E-state index in [0.717, 1.165) is 48.5 Å². The van der Waals surface area contributed by atoms with Crippen molar-refractivity contribution in [1.82, 2.24) is 14.7 Å². The van der Waals surface area contributed by atoms with Crippen LogP contribution in [-0.4, -0.2) is 21.2 Å². The standard InChI is InChI=1S/C15H22BrN3O/c1-4-13-15(16)14(19(6-3)17-13)11-18(5-2)10-12-8-7-9-20-12/h7-9H,4-6,10-11H2,1-3H3. The predicted octanol–water partition coefficient (Wildman–Crippen LogP) is 3.84.